The van der Waals surface area contributed by atoms with Gasteiger partial charge in [0.15, 0.2) is 0 Å². The van der Waals surface area contributed by atoms with Crippen molar-refractivity contribution in [2.24, 2.45) is 0 Å². The van der Waals surface area contributed by atoms with E-state index >= 15 is 0 Å². The van der Waals surface area contributed by atoms with E-state index in [9.17, 15) is 0 Å². The molecule has 0 aliphatic rings. The summed E-state index contributed by atoms with van der Waals surface area (Å²) < 4.78 is 0. The van der Waals surface area contributed by atoms with Crippen LogP contribution in [0, 0.1) is 0 Å². The number of hydrogen-bond acceptors (Lipinski definition) is 0. The second-order valence-corrected chi connectivity index (χ2v) is 5.03. The summed E-state index contributed by atoms with van der Waals surface area (Å²) in [4.78, 5) is 0. The Kier molecular flexibility index (Phi) is 23.5. The average Bonchev–Trinajstić information content (AvgIpc) is 3.04. The SMILES string of the molecule is CCc1cc[cH-]c1.CCc1cc[cH-]c1.C[SiH]C.Cl.[Y]. The molecule has 2 aromatic rings. The molecule has 2 aromatic carbocycles. The zero-order valence-corrected chi connectivity index (χ0v) is 17.4. The number of hydrogen-bond donors (Lipinski definition) is 0. The fourth-order valence-corrected chi connectivity index (χ4v) is 1.30. The molecule has 0 atom stereocenters. The van der Waals surface area contributed by atoms with Gasteiger partial charge in [-0.2, -0.15) is 47.5 Å². The molecule has 0 fully saturated rings. The van der Waals surface area contributed by atoms with Gasteiger partial charge in [0.2, 0.25) is 0 Å². The van der Waals surface area contributed by atoms with Crippen molar-refractivity contribution in [3.63, 3.8) is 0 Å². The third kappa shape index (κ3) is 14.5. The summed E-state index contributed by atoms with van der Waals surface area (Å²) >= 11 is 0. The molecule has 106 valence electrons. The molecule has 0 bridgehead atoms. The van der Waals surface area contributed by atoms with Gasteiger partial charge >= 0.3 is 0 Å². The summed E-state index contributed by atoms with van der Waals surface area (Å²) in [5, 5.41) is 0. The van der Waals surface area contributed by atoms with Gasteiger partial charge < -0.3 is 0 Å². The standard InChI is InChI=1S/2C7H9.C2H7Si.ClH.Y/c2*1-2-7-5-3-4-6-7;1-3-2;;/h2*3-6H,2H2,1H3;3H,1-2H3;1H;/q2*-1;;;. The van der Waals surface area contributed by atoms with Crippen molar-refractivity contribution in [2.45, 2.75) is 39.8 Å². The molecule has 0 saturated heterocycles. The first kappa shape index (κ1) is 24.3. The van der Waals surface area contributed by atoms with Gasteiger partial charge in [0, 0.05) is 42.2 Å². The molecule has 0 saturated carbocycles. The predicted octanol–water partition coefficient (Wildman–Crippen LogP) is 4.87. The number of aryl methyl sites for hydroxylation is 2. The average molecular weight is 371 g/mol. The number of halogens is 1. The molecule has 0 nitrogen and oxygen atoms in total. The van der Waals surface area contributed by atoms with Crippen LogP contribution in [0.4, 0.5) is 0 Å². The summed E-state index contributed by atoms with van der Waals surface area (Å²) in [6, 6.07) is 16.8. The molecule has 0 heterocycles. The van der Waals surface area contributed by atoms with Crippen LogP contribution in [0.3, 0.4) is 0 Å². The Bertz CT molecular complexity index is 293. The maximum atomic E-state index is 2.21. The van der Waals surface area contributed by atoms with Crippen LogP contribution < -0.4 is 0 Å². The summed E-state index contributed by atoms with van der Waals surface area (Å²) in [5.74, 6) is 0. The van der Waals surface area contributed by atoms with E-state index in [0.717, 1.165) is 22.4 Å². The first-order chi connectivity index (χ1) is 8.28. The van der Waals surface area contributed by atoms with Gasteiger partial charge in [0.05, 0.1) is 0 Å². The second kappa shape index (κ2) is 18.3. The zero-order valence-electron chi connectivity index (χ0n) is 12.6. The molecule has 3 heteroatoms. The molecule has 0 N–H and O–H groups in total. The van der Waals surface area contributed by atoms with Crippen LogP contribution in [0.1, 0.15) is 25.0 Å². The topological polar surface area (TPSA) is 0 Å². The summed E-state index contributed by atoms with van der Waals surface area (Å²) in [7, 11) is 0.750. The maximum Gasteiger partial charge on any atom is 0.0213 e. The Labute approximate surface area is 153 Å². The Morgan fingerprint density at radius 3 is 1.32 bits per heavy atom. The van der Waals surface area contributed by atoms with E-state index in [4.69, 9.17) is 0 Å². The van der Waals surface area contributed by atoms with Gasteiger partial charge in [-0.25, -0.2) is 12.1 Å². The minimum Gasteiger partial charge on any atom is -0.211 e. The van der Waals surface area contributed by atoms with E-state index in [1.807, 2.05) is 0 Å². The molecule has 2 rings (SSSR count). The van der Waals surface area contributed by atoms with E-state index in [1.54, 1.807) is 0 Å². The Balaban J connectivity index is -0.000000207. The van der Waals surface area contributed by atoms with Crippen molar-refractivity contribution in [3.8, 4) is 0 Å². The fraction of sp³-hybridized carbons (Fsp3) is 0.375. The van der Waals surface area contributed by atoms with Crippen LogP contribution >= 0.6 is 12.4 Å². The van der Waals surface area contributed by atoms with Gasteiger partial charge in [-0.1, -0.05) is 39.8 Å². The monoisotopic (exact) mass is 370 g/mol. The van der Waals surface area contributed by atoms with Gasteiger partial charge in [0.25, 0.3) is 0 Å². The molecular weight excluding hydrogens is 345 g/mol. The van der Waals surface area contributed by atoms with Crippen molar-refractivity contribution in [1.29, 1.82) is 0 Å². The molecule has 2 radical (unpaired) electrons. The molecular formula is C16H26ClSiY-2. The van der Waals surface area contributed by atoms with Crippen molar-refractivity contribution < 1.29 is 32.7 Å². The minimum atomic E-state index is 0. The predicted molar refractivity (Wildman–Crippen MR) is 89.0 cm³/mol. The Morgan fingerprint density at radius 2 is 1.21 bits per heavy atom. The normalized spacial score (nSPS) is 7.79. The van der Waals surface area contributed by atoms with Crippen molar-refractivity contribution in [1.82, 2.24) is 0 Å². The zero-order chi connectivity index (χ0) is 12.9. The molecule has 0 aromatic heterocycles. The largest absolute Gasteiger partial charge is 0.211 e. The van der Waals surface area contributed by atoms with E-state index in [-0.39, 0.29) is 45.1 Å². The van der Waals surface area contributed by atoms with Crippen molar-refractivity contribution in [2.75, 3.05) is 0 Å². The fourth-order valence-electron chi connectivity index (χ4n) is 1.30. The second-order valence-electron chi connectivity index (χ2n) is 3.87. The van der Waals surface area contributed by atoms with Crippen LogP contribution in [0.5, 0.6) is 0 Å². The smallest absolute Gasteiger partial charge is 0.0213 e. The van der Waals surface area contributed by atoms with E-state index in [1.165, 1.54) is 11.1 Å². The minimum absolute atomic E-state index is 0. The van der Waals surface area contributed by atoms with Crippen molar-refractivity contribution in [3.05, 3.63) is 59.7 Å². The Morgan fingerprint density at radius 1 is 0.895 bits per heavy atom. The summed E-state index contributed by atoms with van der Waals surface area (Å²) in [6.45, 7) is 8.74. The van der Waals surface area contributed by atoms with Crippen molar-refractivity contribution >= 4 is 21.9 Å². The summed E-state index contributed by atoms with van der Waals surface area (Å²) in [5.41, 5.74) is 2.86. The molecule has 0 aliphatic heterocycles. The number of rotatable bonds is 2. The van der Waals surface area contributed by atoms with Gasteiger partial charge in [-0.05, 0) is 0 Å². The Hall–Kier alpha value is 0.311. The van der Waals surface area contributed by atoms with Crippen LogP contribution in [0.15, 0.2) is 48.5 Å². The molecule has 0 spiro atoms. The van der Waals surface area contributed by atoms with Gasteiger partial charge in [-0.3, -0.25) is 0 Å². The van der Waals surface area contributed by atoms with E-state index < -0.39 is 0 Å². The quantitative estimate of drug-likeness (QED) is 0.522. The first-order valence-electron chi connectivity index (χ1n) is 6.43. The molecule has 0 unspecified atom stereocenters. The third-order valence-electron chi connectivity index (χ3n) is 2.28. The third-order valence-corrected chi connectivity index (χ3v) is 2.28. The summed E-state index contributed by atoms with van der Waals surface area (Å²) in [6.07, 6.45) is 2.32. The van der Waals surface area contributed by atoms with Crippen LogP contribution in [0.25, 0.3) is 0 Å². The maximum absolute atomic E-state index is 2.21. The molecule has 0 amide bonds. The van der Waals surface area contributed by atoms with Crippen LogP contribution in [-0.2, 0) is 45.6 Å². The molecule has 19 heavy (non-hydrogen) atoms. The van der Waals surface area contributed by atoms with Gasteiger partial charge in [0.1, 0.15) is 0 Å². The van der Waals surface area contributed by atoms with Crippen LogP contribution in [-0.4, -0.2) is 9.52 Å². The van der Waals surface area contributed by atoms with Crippen LogP contribution in [0.2, 0.25) is 13.1 Å². The first-order valence-corrected chi connectivity index (χ1v) is 8.74. The van der Waals surface area contributed by atoms with E-state index in [2.05, 4.69) is 75.5 Å². The van der Waals surface area contributed by atoms with E-state index in [0.29, 0.717) is 0 Å². The molecule has 0 aliphatic carbocycles. The van der Waals surface area contributed by atoms with Gasteiger partial charge in [-0.15, -0.1) is 12.4 Å².